The zero-order valence-corrected chi connectivity index (χ0v) is 16.7. The number of aryl methyl sites for hydroxylation is 1. The van der Waals surface area contributed by atoms with Crippen molar-refractivity contribution in [3.05, 3.63) is 65.2 Å². The molecule has 0 aliphatic carbocycles. The van der Waals surface area contributed by atoms with Crippen LogP contribution in [0.15, 0.2) is 54.6 Å². The number of hydrogen-bond acceptors (Lipinski definition) is 4. The summed E-state index contributed by atoms with van der Waals surface area (Å²) in [7, 11) is 0. The lowest BCUT2D eigenvalue weighted by atomic mass is 9.89. The topological polar surface area (TPSA) is 59.2 Å². The van der Waals surface area contributed by atoms with Crippen LogP contribution in [0.2, 0.25) is 0 Å². The predicted molar refractivity (Wildman–Crippen MR) is 113 cm³/mol. The van der Waals surface area contributed by atoms with Crippen LogP contribution in [-0.2, 0) is 11.2 Å². The minimum atomic E-state index is 0. The number of thiazole rings is 1. The third-order valence-electron chi connectivity index (χ3n) is 5.22. The summed E-state index contributed by atoms with van der Waals surface area (Å²) in [6.45, 7) is 2.14. The number of carbonyl (C=O) groups is 1. The van der Waals surface area contributed by atoms with Crippen molar-refractivity contribution in [3.63, 3.8) is 0 Å². The van der Waals surface area contributed by atoms with E-state index in [1.165, 1.54) is 10.3 Å². The van der Waals surface area contributed by atoms with Crippen molar-refractivity contribution in [2.24, 2.45) is 11.7 Å². The maximum atomic E-state index is 12.7. The van der Waals surface area contributed by atoms with Gasteiger partial charge in [0.05, 0.1) is 15.2 Å². The van der Waals surface area contributed by atoms with Gasteiger partial charge in [-0.25, -0.2) is 4.98 Å². The molecule has 2 N–H and O–H groups in total. The van der Waals surface area contributed by atoms with E-state index in [2.05, 4.69) is 35.3 Å². The highest BCUT2D eigenvalue weighted by Crippen LogP contribution is 2.32. The molecule has 4 nitrogen and oxygen atoms in total. The lowest BCUT2D eigenvalue weighted by Crippen LogP contribution is -2.30. The molecule has 3 aromatic rings. The molecule has 0 radical (unpaired) electrons. The van der Waals surface area contributed by atoms with Crippen molar-refractivity contribution in [3.8, 4) is 0 Å². The number of carbonyl (C=O) groups excluding carboxylic acids is 1. The van der Waals surface area contributed by atoms with Crippen molar-refractivity contribution in [1.29, 1.82) is 0 Å². The van der Waals surface area contributed by atoms with E-state index >= 15 is 0 Å². The number of aromatic nitrogens is 1. The molecule has 1 fully saturated rings. The first kappa shape index (κ1) is 19.8. The Bertz CT molecular complexity index is 866. The van der Waals surface area contributed by atoms with Crippen LogP contribution in [0.5, 0.6) is 0 Å². The van der Waals surface area contributed by atoms with Gasteiger partial charge in [0.2, 0.25) is 5.91 Å². The lowest BCUT2D eigenvalue weighted by molar-refractivity contribution is -0.130. The molecule has 1 aromatic heterocycles. The Morgan fingerprint density at radius 3 is 2.59 bits per heavy atom. The van der Waals surface area contributed by atoms with Crippen molar-refractivity contribution in [2.75, 3.05) is 19.6 Å². The molecule has 27 heavy (non-hydrogen) atoms. The van der Waals surface area contributed by atoms with Crippen LogP contribution in [0, 0.1) is 5.92 Å². The fourth-order valence-electron chi connectivity index (χ4n) is 3.79. The van der Waals surface area contributed by atoms with E-state index in [9.17, 15) is 4.79 Å². The second-order valence-electron chi connectivity index (χ2n) is 6.89. The van der Waals surface area contributed by atoms with Crippen LogP contribution in [0.1, 0.15) is 22.9 Å². The molecule has 2 atom stereocenters. The van der Waals surface area contributed by atoms with Crippen LogP contribution >= 0.6 is 23.7 Å². The molecule has 6 heteroatoms. The first-order valence-corrected chi connectivity index (χ1v) is 9.93. The number of likely N-dealkylation sites (tertiary alicyclic amines) is 1. The molecule has 4 rings (SSSR count). The fraction of sp³-hybridized carbons (Fsp3) is 0.333. The molecule has 1 aliphatic heterocycles. The zero-order valence-electron chi connectivity index (χ0n) is 15.1. The summed E-state index contributed by atoms with van der Waals surface area (Å²) >= 11 is 1.68. The Labute approximate surface area is 169 Å². The summed E-state index contributed by atoms with van der Waals surface area (Å²) < 4.78 is 1.18. The average Bonchev–Trinajstić information content (AvgIpc) is 3.30. The molecule has 0 unspecified atom stereocenters. The van der Waals surface area contributed by atoms with Crippen LogP contribution in [0.4, 0.5) is 0 Å². The molecule has 0 bridgehead atoms. The lowest BCUT2D eigenvalue weighted by Gasteiger charge is -2.16. The summed E-state index contributed by atoms with van der Waals surface area (Å²) in [5, 5.41) is 1.04. The number of amides is 1. The molecule has 1 amide bonds. The van der Waals surface area contributed by atoms with E-state index in [-0.39, 0.29) is 18.3 Å². The minimum Gasteiger partial charge on any atom is -0.342 e. The van der Waals surface area contributed by atoms with Gasteiger partial charge < -0.3 is 10.6 Å². The second kappa shape index (κ2) is 8.83. The molecule has 1 aliphatic rings. The summed E-state index contributed by atoms with van der Waals surface area (Å²) in [6.07, 6.45) is 1.22. The molecular formula is C21H24ClN3OS. The number of rotatable bonds is 5. The molecular weight excluding hydrogens is 378 g/mol. The van der Waals surface area contributed by atoms with E-state index in [4.69, 9.17) is 5.73 Å². The predicted octanol–water partition coefficient (Wildman–Crippen LogP) is 3.85. The van der Waals surface area contributed by atoms with E-state index in [0.29, 0.717) is 31.2 Å². The summed E-state index contributed by atoms with van der Waals surface area (Å²) in [4.78, 5) is 19.4. The normalized spacial score (nSPS) is 19.2. The highest BCUT2D eigenvalue weighted by Gasteiger charge is 2.34. The van der Waals surface area contributed by atoms with Gasteiger partial charge in [0, 0.05) is 31.8 Å². The first-order chi connectivity index (χ1) is 12.7. The van der Waals surface area contributed by atoms with Crippen LogP contribution in [0.25, 0.3) is 10.2 Å². The molecule has 142 valence electrons. The third kappa shape index (κ3) is 4.32. The Morgan fingerprint density at radius 1 is 1.11 bits per heavy atom. The van der Waals surface area contributed by atoms with Crippen molar-refractivity contribution < 1.29 is 4.79 Å². The van der Waals surface area contributed by atoms with Gasteiger partial charge in [0.15, 0.2) is 0 Å². The smallest absolute Gasteiger partial charge is 0.223 e. The summed E-state index contributed by atoms with van der Waals surface area (Å²) in [5.41, 5.74) is 8.29. The Morgan fingerprint density at radius 2 is 1.85 bits per heavy atom. The molecule has 2 heterocycles. The fourth-order valence-corrected chi connectivity index (χ4v) is 4.76. The van der Waals surface area contributed by atoms with Gasteiger partial charge in [-0.05, 0) is 30.2 Å². The van der Waals surface area contributed by atoms with Crippen LogP contribution in [0.3, 0.4) is 0 Å². The van der Waals surface area contributed by atoms with E-state index in [0.717, 1.165) is 23.6 Å². The number of fused-ring (bicyclic) bond motifs is 1. The van der Waals surface area contributed by atoms with Gasteiger partial charge in [0.25, 0.3) is 0 Å². The van der Waals surface area contributed by atoms with E-state index in [1.54, 1.807) is 11.3 Å². The first-order valence-electron chi connectivity index (χ1n) is 9.12. The average molecular weight is 402 g/mol. The zero-order chi connectivity index (χ0) is 17.9. The largest absolute Gasteiger partial charge is 0.342 e. The number of halogens is 1. The van der Waals surface area contributed by atoms with Crippen LogP contribution in [-0.4, -0.2) is 35.4 Å². The second-order valence-corrected chi connectivity index (χ2v) is 8.00. The quantitative estimate of drug-likeness (QED) is 0.706. The Hall–Kier alpha value is -1.95. The standard InChI is InChI=1S/C21H23N3OS.ClH/c22-12-16-13-24(14-17(16)15-6-2-1-3-7-15)21(25)11-10-20-23-18-8-4-5-9-19(18)26-20;/h1-9,16-17H,10-14,22H2;1H/t16-,17+;/m1./s1. The maximum absolute atomic E-state index is 12.7. The van der Waals surface area contributed by atoms with Gasteiger partial charge >= 0.3 is 0 Å². The Kier molecular flexibility index (Phi) is 6.47. The van der Waals surface area contributed by atoms with Crippen molar-refractivity contribution in [2.45, 2.75) is 18.8 Å². The molecule has 0 spiro atoms. The Balaban J connectivity index is 0.00000210. The number of nitrogens with zero attached hydrogens (tertiary/aromatic N) is 2. The molecule has 0 saturated carbocycles. The number of benzene rings is 2. The van der Waals surface area contributed by atoms with E-state index in [1.807, 2.05) is 29.2 Å². The van der Waals surface area contributed by atoms with Crippen molar-refractivity contribution >= 4 is 39.9 Å². The molecule has 1 saturated heterocycles. The van der Waals surface area contributed by atoms with Gasteiger partial charge in [-0.2, -0.15) is 0 Å². The summed E-state index contributed by atoms with van der Waals surface area (Å²) in [5.74, 6) is 0.887. The van der Waals surface area contributed by atoms with E-state index < -0.39 is 0 Å². The number of para-hydroxylation sites is 1. The number of nitrogens with two attached hydrogens (primary N) is 1. The SMILES string of the molecule is Cl.NC[C@@H]1CN(C(=O)CCc2nc3ccccc3s2)C[C@H]1c1ccccc1. The van der Waals surface area contributed by atoms with Crippen molar-refractivity contribution in [1.82, 2.24) is 9.88 Å². The summed E-state index contributed by atoms with van der Waals surface area (Å²) in [6, 6.07) is 18.5. The van der Waals surface area contributed by atoms with Gasteiger partial charge in [0.1, 0.15) is 0 Å². The highest BCUT2D eigenvalue weighted by atomic mass is 35.5. The molecule has 2 aromatic carbocycles. The van der Waals surface area contributed by atoms with Gasteiger partial charge in [-0.1, -0.05) is 42.5 Å². The van der Waals surface area contributed by atoms with Crippen LogP contribution < -0.4 is 5.73 Å². The monoisotopic (exact) mass is 401 g/mol. The maximum Gasteiger partial charge on any atom is 0.223 e. The minimum absolute atomic E-state index is 0. The van der Waals surface area contributed by atoms with Gasteiger partial charge in [-0.15, -0.1) is 23.7 Å². The highest BCUT2D eigenvalue weighted by molar-refractivity contribution is 7.18. The third-order valence-corrected chi connectivity index (χ3v) is 6.31. The number of hydrogen-bond donors (Lipinski definition) is 1. The van der Waals surface area contributed by atoms with Gasteiger partial charge in [-0.3, -0.25) is 4.79 Å².